The summed E-state index contributed by atoms with van der Waals surface area (Å²) in [6.07, 6.45) is 27.9. The zero-order chi connectivity index (χ0) is 36.7. The first-order valence-corrected chi connectivity index (χ1v) is 21.2. The molecule has 0 aromatic carbocycles. The molecule has 6 N–H and O–H groups in total. The van der Waals surface area contributed by atoms with Gasteiger partial charge in [0.1, 0.15) is 24.4 Å². The zero-order valence-electron chi connectivity index (χ0n) is 32.4. The van der Waals surface area contributed by atoms with Gasteiger partial charge in [-0.1, -0.05) is 181 Å². The topological polar surface area (TPSA) is 149 Å². The molecule has 1 rings (SSSR count). The van der Waals surface area contributed by atoms with Gasteiger partial charge in [0.25, 0.3) is 0 Å². The van der Waals surface area contributed by atoms with Gasteiger partial charge >= 0.3 is 0 Å². The average Bonchev–Trinajstić information content (AvgIpc) is 3.11. The molecule has 0 aromatic rings. The molecule has 0 bridgehead atoms. The second-order valence-corrected chi connectivity index (χ2v) is 15.1. The second kappa shape index (κ2) is 32.8. The lowest BCUT2D eigenvalue weighted by Crippen LogP contribution is -2.60. The minimum atomic E-state index is -1.54. The van der Waals surface area contributed by atoms with Crippen LogP contribution in [-0.2, 0) is 14.3 Å². The zero-order valence-corrected chi connectivity index (χ0v) is 32.4. The Bertz CT molecular complexity index is 756. The van der Waals surface area contributed by atoms with Gasteiger partial charge in [0.2, 0.25) is 5.91 Å². The lowest BCUT2D eigenvalue weighted by Gasteiger charge is -2.40. The van der Waals surface area contributed by atoms with Gasteiger partial charge in [0.05, 0.1) is 25.4 Å². The van der Waals surface area contributed by atoms with Crippen molar-refractivity contribution in [2.45, 2.75) is 243 Å². The predicted octanol–water partition coefficient (Wildman–Crippen LogP) is 8.00. The summed E-state index contributed by atoms with van der Waals surface area (Å²) in [5.41, 5.74) is 0. The van der Waals surface area contributed by atoms with Crippen molar-refractivity contribution in [2.24, 2.45) is 0 Å². The van der Waals surface area contributed by atoms with E-state index in [2.05, 4.69) is 19.2 Å². The number of hydrogen-bond donors (Lipinski definition) is 6. The number of carbonyl (C=O) groups is 1. The van der Waals surface area contributed by atoms with Crippen molar-refractivity contribution in [2.75, 3.05) is 13.2 Å². The van der Waals surface area contributed by atoms with Crippen molar-refractivity contribution < 1.29 is 39.8 Å². The molecule has 1 aliphatic rings. The number of nitrogens with one attached hydrogen (secondary N) is 1. The van der Waals surface area contributed by atoms with Crippen LogP contribution in [0.25, 0.3) is 0 Å². The minimum absolute atomic E-state index is 0.138. The molecule has 9 nitrogen and oxygen atoms in total. The van der Waals surface area contributed by atoms with Gasteiger partial charge in [0.15, 0.2) is 6.29 Å². The maximum atomic E-state index is 12.8. The van der Waals surface area contributed by atoms with E-state index in [0.29, 0.717) is 12.8 Å². The molecule has 7 unspecified atom stereocenters. The molecule has 1 saturated heterocycles. The lowest BCUT2D eigenvalue weighted by atomic mass is 9.99. The first-order chi connectivity index (χ1) is 24.3. The van der Waals surface area contributed by atoms with Crippen LogP contribution in [-0.4, -0.2) is 87.5 Å². The van der Waals surface area contributed by atoms with Crippen LogP contribution >= 0.6 is 0 Å². The fourth-order valence-corrected chi connectivity index (χ4v) is 6.98. The monoisotopic (exact) mass is 716 g/mol. The van der Waals surface area contributed by atoms with Crippen LogP contribution in [0.2, 0.25) is 0 Å². The number of carbonyl (C=O) groups excluding carboxylic acids is 1. The van der Waals surface area contributed by atoms with Crippen molar-refractivity contribution in [1.29, 1.82) is 0 Å². The smallest absolute Gasteiger partial charge is 0.220 e. The normalized spacial score (nSPS) is 22.1. The Hall–Kier alpha value is -0.810. The Kier molecular flexibility index (Phi) is 31.0. The SMILES string of the molecule is CCCCCCCCCCCCCCCCCCCCCCCCCCC(=O)NC(COC1OC(CO)C(O)C(O)C1O)C(O)CCCCC. The van der Waals surface area contributed by atoms with Crippen LogP contribution in [0.15, 0.2) is 0 Å². The van der Waals surface area contributed by atoms with Gasteiger partial charge < -0.3 is 40.3 Å². The third-order valence-electron chi connectivity index (χ3n) is 10.5. The summed E-state index contributed by atoms with van der Waals surface area (Å²) in [4.78, 5) is 12.8. The molecule has 1 aliphatic heterocycles. The van der Waals surface area contributed by atoms with Crippen molar-refractivity contribution in [3.05, 3.63) is 0 Å². The van der Waals surface area contributed by atoms with E-state index in [0.717, 1.165) is 38.5 Å². The number of amides is 1. The van der Waals surface area contributed by atoms with E-state index in [4.69, 9.17) is 9.47 Å². The maximum absolute atomic E-state index is 12.8. The van der Waals surface area contributed by atoms with Crippen molar-refractivity contribution >= 4 is 5.91 Å². The summed E-state index contributed by atoms with van der Waals surface area (Å²) in [6.45, 7) is 3.67. The number of hydrogen-bond acceptors (Lipinski definition) is 8. The molecule has 298 valence electrons. The van der Waals surface area contributed by atoms with Gasteiger partial charge in [-0.25, -0.2) is 0 Å². The summed E-state index contributed by atoms with van der Waals surface area (Å²) in [7, 11) is 0. The third-order valence-corrected chi connectivity index (χ3v) is 10.5. The highest BCUT2D eigenvalue weighted by Gasteiger charge is 2.44. The van der Waals surface area contributed by atoms with Gasteiger partial charge in [-0.15, -0.1) is 0 Å². The van der Waals surface area contributed by atoms with E-state index in [-0.39, 0.29) is 12.5 Å². The molecule has 1 heterocycles. The quantitative estimate of drug-likeness (QED) is 0.0362. The molecule has 9 heteroatoms. The van der Waals surface area contributed by atoms with E-state index in [1.807, 2.05) is 0 Å². The van der Waals surface area contributed by atoms with Gasteiger partial charge in [-0.2, -0.15) is 0 Å². The van der Waals surface area contributed by atoms with Crippen LogP contribution in [0.3, 0.4) is 0 Å². The maximum Gasteiger partial charge on any atom is 0.220 e. The number of unbranched alkanes of at least 4 members (excludes halogenated alkanes) is 25. The summed E-state index contributed by atoms with van der Waals surface area (Å²) < 4.78 is 11.1. The molecule has 0 spiro atoms. The van der Waals surface area contributed by atoms with Crippen LogP contribution < -0.4 is 5.32 Å². The van der Waals surface area contributed by atoms with E-state index >= 15 is 0 Å². The molecular formula is C41H81NO8. The standard InChI is InChI=1S/C41H81NO8/c1-3-5-7-8-9-10-11-12-13-14-15-16-17-18-19-20-21-22-23-24-25-26-27-29-31-37(45)42-34(35(44)30-28-6-4-2)33-49-41-40(48)39(47)38(46)36(32-43)50-41/h34-36,38-41,43-44,46-48H,3-33H2,1-2H3,(H,42,45). The Morgan fingerprint density at radius 2 is 1.00 bits per heavy atom. The highest BCUT2D eigenvalue weighted by molar-refractivity contribution is 5.76. The minimum Gasteiger partial charge on any atom is -0.394 e. The molecule has 1 fully saturated rings. The van der Waals surface area contributed by atoms with E-state index in [9.17, 15) is 30.3 Å². The van der Waals surface area contributed by atoms with Crippen LogP contribution in [0, 0.1) is 0 Å². The van der Waals surface area contributed by atoms with Crippen molar-refractivity contribution in [3.8, 4) is 0 Å². The molecule has 0 aromatic heterocycles. The number of rotatable bonds is 35. The summed E-state index contributed by atoms with van der Waals surface area (Å²) in [5.74, 6) is -0.152. The largest absolute Gasteiger partial charge is 0.394 e. The Morgan fingerprint density at radius 3 is 1.42 bits per heavy atom. The summed E-state index contributed by atoms with van der Waals surface area (Å²) in [5, 5.41) is 53.5. The van der Waals surface area contributed by atoms with E-state index < -0.39 is 49.5 Å². The number of ether oxygens (including phenoxy) is 2. The lowest BCUT2D eigenvalue weighted by molar-refractivity contribution is -0.302. The first kappa shape index (κ1) is 47.2. The second-order valence-electron chi connectivity index (χ2n) is 15.1. The van der Waals surface area contributed by atoms with Crippen LogP contribution in [0.4, 0.5) is 0 Å². The molecule has 0 saturated carbocycles. The highest BCUT2D eigenvalue weighted by Crippen LogP contribution is 2.23. The summed E-state index contributed by atoms with van der Waals surface area (Å²) in [6, 6.07) is -0.707. The average molecular weight is 716 g/mol. The fraction of sp³-hybridized carbons (Fsp3) is 0.976. The predicted molar refractivity (Wildman–Crippen MR) is 203 cm³/mol. The number of aliphatic hydroxyl groups is 5. The Balaban J connectivity index is 2.06. The summed E-state index contributed by atoms with van der Waals surface area (Å²) >= 11 is 0. The van der Waals surface area contributed by atoms with Gasteiger partial charge in [-0.05, 0) is 12.8 Å². The highest BCUT2D eigenvalue weighted by atomic mass is 16.7. The van der Waals surface area contributed by atoms with Crippen LogP contribution in [0.1, 0.15) is 200 Å². The van der Waals surface area contributed by atoms with Gasteiger partial charge in [-0.3, -0.25) is 4.79 Å². The Labute approximate surface area is 306 Å². The third kappa shape index (κ3) is 23.7. The fourth-order valence-electron chi connectivity index (χ4n) is 6.98. The van der Waals surface area contributed by atoms with Gasteiger partial charge in [0, 0.05) is 6.42 Å². The Morgan fingerprint density at radius 1 is 0.600 bits per heavy atom. The number of aliphatic hydroxyl groups excluding tert-OH is 5. The van der Waals surface area contributed by atoms with Crippen molar-refractivity contribution in [3.63, 3.8) is 0 Å². The first-order valence-electron chi connectivity index (χ1n) is 21.2. The van der Waals surface area contributed by atoms with Crippen LogP contribution in [0.5, 0.6) is 0 Å². The van der Waals surface area contributed by atoms with E-state index in [1.165, 1.54) is 135 Å². The van der Waals surface area contributed by atoms with Crippen molar-refractivity contribution in [1.82, 2.24) is 5.32 Å². The van der Waals surface area contributed by atoms with E-state index in [1.54, 1.807) is 0 Å². The molecule has 0 aliphatic carbocycles. The molecule has 7 atom stereocenters. The molecular weight excluding hydrogens is 634 g/mol. The molecule has 0 radical (unpaired) electrons. The molecule has 50 heavy (non-hydrogen) atoms. The molecule has 1 amide bonds.